The molecule has 0 radical (unpaired) electrons. The van der Waals surface area contributed by atoms with Crippen molar-refractivity contribution in [3.05, 3.63) is 0 Å². The second-order valence-electron chi connectivity index (χ2n) is 3.14. The average Bonchev–Trinajstić information content (AvgIpc) is 2.21. The van der Waals surface area contributed by atoms with E-state index in [1.807, 2.05) is 0 Å². The van der Waals surface area contributed by atoms with Gasteiger partial charge in [-0.25, -0.2) is 0 Å². The Morgan fingerprint density at radius 2 is 1.79 bits per heavy atom. The second kappa shape index (κ2) is 5.01. The number of hydrogen-bond donors (Lipinski definition) is 3. The van der Waals surface area contributed by atoms with E-state index in [1.54, 1.807) is 0 Å². The quantitative estimate of drug-likeness (QED) is 0.501. The van der Waals surface area contributed by atoms with Crippen molar-refractivity contribution in [3.63, 3.8) is 0 Å². The van der Waals surface area contributed by atoms with Gasteiger partial charge in [0, 0.05) is 14.2 Å². The topological polar surface area (TPSA) is 88.4 Å². The first kappa shape index (κ1) is 11.8. The van der Waals surface area contributed by atoms with E-state index in [4.69, 9.17) is 19.3 Å². The second-order valence-corrected chi connectivity index (χ2v) is 3.14. The molecular weight excluding hydrogens is 192 g/mol. The first-order valence-corrected chi connectivity index (χ1v) is 4.33. The summed E-state index contributed by atoms with van der Waals surface area (Å²) in [5, 5.41) is 28.0. The molecule has 6 heteroatoms. The van der Waals surface area contributed by atoms with Crippen molar-refractivity contribution in [2.45, 2.75) is 30.7 Å². The zero-order chi connectivity index (χ0) is 10.7. The fraction of sp³-hybridized carbons (Fsp3) is 1.00. The number of rotatable bonds is 3. The van der Waals surface area contributed by atoms with Gasteiger partial charge in [0.2, 0.25) is 0 Å². The van der Waals surface area contributed by atoms with E-state index in [1.165, 1.54) is 14.2 Å². The van der Waals surface area contributed by atoms with Crippen LogP contribution in [-0.4, -0.2) is 66.9 Å². The van der Waals surface area contributed by atoms with Gasteiger partial charge in [-0.1, -0.05) is 0 Å². The van der Waals surface area contributed by atoms with E-state index in [9.17, 15) is 10.2 Å². The van der Waals surface area contributed by atoms with Crippen molar-refractivity contribution >= 4 is 0 Å². The van der Waals surface area contributed by atoms with Gasteiger partial charge < -0.3 is 29.5 Å². The summed E-state index contributed by atoms with van der Waals surface area (Å²) >= 11 is 0. The van der Waals surface area contributed by atoms with Crippen LogP contribution in [-0.2, 0) is 14.2 Å². The highest BCUT2D eigenvalue weighted by Gasteiger charge is 2.44. The summed E-state index contributed by atoms with van der Waals surface area (Å²) in [4.78, 5) is 0. The molecular formula is C8H16O6. The number of aliphatic hydroxyl groups excluding tert-OH is 3. The third-order valence-corrected chi connectivity index (χ3v) is 2.33. The SMILES string of the molecule is CO[C@H]1C(CO)O[C@@H](OC)[C@@H](O)C1O. The zero-order valence-corrected chi connectivity index (χ0v) is 8.16. The molecule has 1 rings (SSSR count). The standard InChI is InChI=1S/C8H16O6/c1-12-7-4(3-9)14-8(13-2)6(11)5(7)10/h4-11H,3H2,1-2H3/t4?,5?,6-,7-,8+/m0/s1. The summed E-state index contributed by atoms with van der Waals surface area (Å²) in [6.07, 6.45) is -4.68. The maximum absolute atomic E-state index is 9.59. The van der Waals surface area contributed by atoms with Gasteiger partial charge in [-0.05, 0) is 0 Å². The van der Waals surface area contributed by atoms with Crippen molar-refractivity contribution in [2.75, 3.05) is 20.8 Å². The fourth-order valence-electron chi connectivity index (χ4n) is 1.54. The maximum Gasteiger partial charge on any atom is 0.186 e. The summed E-state index contributed by atoms with van der Waals surface area (Å²) in [5.41, 5.74) is 0. The lowest BCUT2D eigenvalue weighted by Crippen LogP contribution is -2.59. The normalized spacial score (nSPS) is 43.9. The molecule has 1 saturated heterocycles. The third-order valence-electron chi connectivity index (χ3n) is 2.33. The van der Waals surface area contributed by atoms with Crippen molar-refractivity contribution < 1.29 is 29.5 Å². The minimum atomic E-state index is -1.17. The predicted molar refractivity (Wildman–Crippen MR) is 45.6 cm³/mol. The Balaban J connectivity index is 2.71. The van der Waals surface area contributed by atoms with Crippen molar-refractivity contribution in [1.29, 1.82) is 0 Å². The molecule has 0 spiro atoms. The minimum Gasteiger partial charge on any atom is -0.394 e. The van der Waals surface area contributed by atoms with E-state index >= 15 is 0 Å². The molecule has 5 atom stereocenters. The number of aliphatic hydroxyl groups is 3. The van der Waals surface area contributed by atoms with Crippen LogP contribution >= 0.6 is 0 Å². The van der Waals surface area contributed by atoms with E-state index in [0.717, 1.165) is 0 Å². The summed E-state index contributed by atoms with van der Waals surface area (Å²) < 4.78 is 14.9. The van der Waals surface area contributed by atoms with Gasteiger partial charge in [0.15, 0.2) is 6.29 Å². The molecule has 0 aliphatic carbocycles. The summed E-state index contributed by atoms with van der Waals surface area (Å²) in [7, 11) is 2.72. The van der Waals surface area contributed by atoms with Crippen molar-refractivity contribution in [1.82, 2.24) is 0 Å². The van der Waals surface area contributed by atoms with Gasteiger partial charge in [0.1, 0.15) is 24.4 Å². The van der Waals surface area contributed by atoms with Gasteiger partial charge in [-0.3, -0.25) is 0 Å². The fourth-order valence-corrected chi connectivity index (χ4v) is 1.54. The highest BCUT2D eigenvalue weighted by molar-refractivity contribution is 4.89. The number of ether oxygens (including phenoxy) is 3. The van der Waals surface area contributed by atoms with Crippen LogP contribution in [0.2, 0.25) is 0 Å². The number of methoxy groups -OCH3 is 2. The monoisotopic (exact) mass is 208 g/mol. The molecule has 1 aliphatic heterocycles. The Morgan fingerprint density at radius 3 is 2.21 bits per heavy atom. The van der Waals surface area contributed by atoms with Crippen LogP contribution in [0.5, 0.6) is 0 Å². The molecule has 6 nitrogen and oxygen atoms in total. The molecule has 3 N–H and O–H groups in total. The van der Waals surface area contributed by atoms with E-state index in [2.05, 4.69) is 0 Å². The third kappa shape index (κ3) is 2.05. The van der Waals surface area contributed by atoms with Gasteiger partial charge in [-0.15, -0.1) is 0 Å². The first-order valence-electron chi connectivity index (χ1n) is 4.33. The van der Waals surface area contributed by atoms with Crippen LogP contribution in [0.15, 0.2) is 0 Å². The Labute approximate surface area is 82.0 Å². The molecule has 0 amide bonds. The van der Waals surface area contributed by atoms with Gasteiger partial charge in [0.25, 0.3) is 0 Å². The van der Waals surface area contributed by atoms with Gasteiger partial charge in [0.05, 0.1) is 6.61 Å². The highest BCUT2D eigenvalue weighted by atomic mass is 16.7. The van der Waals surface area contributed by atoms with Crippen LogP contribution in [0.25, 0.3) is 0 Å². The molecule has 1 aliphatic rings. The largest absolute Gasteiger partial charge is 0.394 e. The molecule has 1 heterocycles. The number of hydrogen-bond acceptors (Lipinski definition) is 6. The summed E-state index contributed by atoms with van der Waals surface area (Å²) in [5.74, 6) is 0. The van der Waals surface area contributed by atoms with Crippen LogP contribution in [0, 0.1) is 0 Å². The summed E-state index contributed by atoms with van der Waals surface area (Å²) in [6, 6.07) is 0. The van der Waals surface area contributed by atoms with E-state index < -0.39 is 30.7 Å². The molecule has 1 fully saturated rings. The molecule has 0 aromatic heterocycles. The lowest BCUT2D eigenvalue weighted by molar-refractivity contribution is -0.298. The molecule has 0 aromatic carbocycles. The Hall–Kier alpha value is -0.240. The van der Waals surface area contributed by atoms with E-state index in [0.29, 0.717) is 0 Å². The maximum atomic E-state index is 9.59. The zero-order valence-electron chi connectivity index (χ0n) is 8.16. The molecule has 84 valence electrons. The molecule has 0 saturated carbocycles. The molecule has 0 bridgehead atoms. The van der Waals surface area contributed by atoms with Gasteiger partial charge in [-0.2, -0.15) is 0 Å². The van der Waals surface area contributed by atoms with Gasteiger partial charge >= 0.3 is 0 Å². The van der Waals surface area contributed by atoms with Crippen LogP contribution in [0.4, 0.5) is 0 Å². The highest BCUT2D eigenvalue weighted by Crippen LogP contribution is 2.23. The molecule has 0 aromatic rings. The lowest BCUT2D eigenvalue weighted by Gasteiger charge is -2.40. The Bertz CT molecular complexity index is 173. The first-order chi connectivity index (χ1) is 6.65. The van der Waals surface area contributed by atoms with Crippen LogP contribution < -0.4 is 0 Å². The summed E-state index contributed by atoms with van der Waals surface area (Å²) in [6.45, 7) is -0.303. The Morgan fingerprint density at radius 1 is 1.14 bits per heavy atom. The lowest BCUT2D eigenvalue weighted by atomic mass is 9.99. The van der Waals surface area contributed by atoms with E-state index in [-0.39, 0.29) is 6.61 Å². The average molecular weight is 208 g/mol. The minimum absolute atomic E-state index is 0.303. The smallest absolute Gasteiger partial charge is 0.186 e. The van der Waals surface area contributed by atoms with Crippen LogP contribution in [0.3, 0.4) is 0 Å². The Kier molecular flexibility index (Phi) is 4.24. The predicted octanol–water partition coefficient (Wildman–Crippen LogP) is -1.91. The molecule has 2 unspecified atom stereocenters. The molecule has 14 heavy (non-hydrogen) atoms. The van der Waals surface area contributed by atoms with Crippen LogP contribution in [0.1, 0.15) is 0 Å². The van der Waals surface area contributed by atoms with Crippen molar-refractivity contribution in [3.8, 4) is 0 Å². The van der Waals surface area contributed by atoms with Crippen molar-refractivity contribution in [2.24, 2.45) is 0 Å².